The van der Waals surface area contributed by atoms with Crippen LogP contribution in [0.1, 0.15) is 43.5 Å². The summed E-state index contributed by atoms with van der Waals surface area (Å²) in [6, 6.07) is 4.77. The molecule has 2 aromatic rings. The molecular formula is C20H28N4O5. The standard InChI is InChI=1S/C20H28N4O5/c1-5-7-9-24-17(21)16(18(25)22-20(24)27)23(8-6-2)19(26)13-10-14(28-3)12-15(11-13)29-4/h10-12H,5-9,21H2,1-4H3,(H,22,25,27). The van der Waals surface area contributed by atoms with Crippen molar-refractivity contribution < 1.29 is 14.3 Å². The van der Waals surface area contributed by atoms with E-state index in [1.54, 1.807) is 18.2 Å². The lowest BCUT2D eigenvalue weighted by molar-refractivity contribution is 0.0986. The Labute approximate surface area is 169 Å². The Bertz CT molecular complexity index is 958. The van der Waals surface area contributed by atoms with Crippen LogP contribution < -0.4 is 31.4 Å². The Balaban J connectivity index is 2.61. The molecule has 158 valence electrons. The molecule has 0 bridgehead atoms. The number of carbonyl (C=O) groups is 1. The molecule has 0 saturated carbocycles. The van der Waals surface area contributed by atoms with Crippen LogP contribution in [0.25, 0.3) is 0 Å². The number of hydrogen-bond acceptors (Lipinski definition) is 6. The van der Waals surface area contributed by atoms with Crippen molar-refractivity contribution in [3.8, 4) is 11.5 Å². The first-order valence-corrected chi connectivity index (χ1v) is 9.55. The quantitative estimate of drug-likeness (QED) is 0.660. The number of aromatic amines is 1. The minimum Gasteiger partial charge on any atom is -0.497 e. The van der Waals surface area contributed by atoms with Gasteiger partial charge in [-0.15, -0.1) is 0 Å². The van der Waals surface area contributed by atoms with Gasteiger partial charge >= 0.3 is 5.69 Å². The Kier molecular flexibility index (Phi) is 7.46. The molecule has 3 N–H and O–H groups in total. The fourth-order valence-corrected chi connectivity index (χ4v) is 3.00. The molecule has 0 radical (unpaired) electrons. The molecule has 29 heavy (non-hydrogen) atoms. The summed E-state index contributed by atoms with van der Waals surface area (Å²) >= 11 is 0. The highest BCUT2D eigenvalue weighted by Crippen LogP contribution is 2.26. The molecule has 2 rings (SSSR count). The smallest absolute Gasteiger partial charge is 0.330 e. The average Bonchev–Trinajstić information content (AvgIpc) is 2.71. The molecule has 1 heterocycles. The number of nitrogens with one attached hydrogen (secondary N) is 1. The number of rotatable bonds is 9. The van der Waals surface area contributed by atoms with Crippen LogP contribution in [-0.4, -0.2) is 36.2 Å². The second-order valence-electron chi connectivity index (χ2n) is 6.56. The van der Waals surface area contributed by atoms with Gasteiger partial charge in [0.05, 0.1) is 14.2 Å². The van der Waals surface area contributed by atoms with Gasteiger partial charge in [0.25, 0.3) is 11.5 Å². The highest BCUT2D eigenvalue weighted by atomic mass is 16.5. The van der Waals surface area contributed by atoms with Gasteiger partial charge in [-0.25, -0.2) is 4.79 Å². The Morgan fingerprint density at radius 3 is 2.24 bits per heavy atom. The topological polar surface area (TPSA) is 120 Å². The SMILES string of the molecule is CCCCn1c(N)c(N(CCC)C(=O)c2cc(OC)cc(OC)c2)c(=O)[nH]c1=O. The molecule has 0 spiro atoms. The molecule has 0 saturated heterocycles. The van der Waals surface area contributed by atoms with Crippen molar-refractivity contribution in [3.05, 3.63) is 44.6 Å². The second kappa shape index (κ2) is 9.81. The molecule has 9 heteroatoms. The van der Waals surface area contributed by atoms with Crippen LogP contribution in [0.2, 0.25) is 0 Å². The lowest BCUT2D eigenvalue weighted by Crippen LogP contribution is -2.41. The molecule has 1 aromatic heterocycles. The summed E-state index contributed by atoms with van der Waals surface area (Å²) in [6.45, 7) is 4.46. The maximum atomic E-state index is 13.3. The van der Waals surface area contributed by atoms with E-state index >= 15 is 0 Å². The summed E-state index contributed by atoms with van der Waals surface area (Å²) in [6.07, 6.45) is 2.14. The van der Waals surface area contributed by atoms with E-state index in [2.05, 4.69) is 4.98 Å². The van der Waals surface area contributed by atoms with E-state index in [1.807, 2.05) is 13.8 Å². The minimum absolute atomic E-state index is 0.0242. The number of ether oxygens (including phenoxy) is 2. The molecule has 0 atom stereocenters. The highest BCUT2D eigenvalue weighted by Gasteiger charge is 2.25. The van der Waals surface area contributed by atoms with Crippen LogP contribution in [0.3, 0.4) is 0 Å². The first kappa shape index (κ1) is 22.1. The first-order chi connectivity index (χ1) is 13.9. The predicted molar refractivity (Wildman–Crippen MR) is 112 cm³/mol. The Morgan fingerprint density at radius 2 is 1.72 bits per heavy atom. The van der Waals surface area contributed by atoms with Crippen molar-refractivity contribution >= 4 is 17.4 Å². The average molecular weight is 404 g/mol. The summed E-state index contributed by atoms with van der Waals surface area (Å²) in [7, 11) is 2.97. The third kappa shape index (κ3) is 4.79. The van der Waals surface area contributed by atoms with Gasteiger partial charge in [-0.3, -0.25) is 19.1 Å². The zero-order valence-corrected chi connectivity index (χ0v) is 17.3. The third-order valence-corrected chi connectivity index (χ3v) is 4.51. The Morgan fingerprint density at radius 1 is 1.10 bits per heavy atom. The number of benzene rings is 1. The maximum Gasteiger partial charge on any atom is 0.330 e. The van der Waals surface area contributed by atoms with Crippen molar-refractivity contribution in [2.24, 2.45) is 0 Å². The van der Waals surface area contributed by atoms with E-state index in [4.69, 9.17) is 15.2 Å². The van der Waals surface area contributed by atoms with Crippen molar-refractivity contribution in [1.29, 1.82) is 0 Å². The molecular weight excluding hydrogens is 376 g/mol. The molecule has 0 aliphatic carbocycles. The molecule has 9 nitrogen and oxygen atoms in total. The summed E-state index contributed by atoms with van der Waals surface area (Å²) in [5.74, 6) is 0.420. The lowest BCUT2D eigenvalue weighted by Gasteiger charge is -2.24. The maximum absolute atomic E-state index is 13.3. The van der Waals surface area contributed by atoms with Crippen LogP contribution in [0.15, 0.2) is 27.8 Å². The number of anilines is 2. The number of nitrogens with zero attached hydrogens (tertiary/aromatic N) is 2. The zero-order valence-electron chi connectivity index (χ0n) is 17.3. The third-order valence-electron chi connectivity index (χ3n) is 4.51. The number of methoxy groups -OCH3 is 2. The van der Waals surface area contributed by atoms with Crippen LogP contribution >= 0.6 is 0 Å². The van der Waals surface area contributed by atoms with Crippen molar-refractivity contribution in [3.63, 3.8) is 0 Å². The normalized spacial score (nSPS) is 10.6. The number of aromatic nitrogens is 2. The van der Waals surface area contributed by atoms with E-state index in [0.29, 0.717) is 30.9 Å². The summed E-state index contributed by atoms with van der Waals surface area (Å²) in [5.41, 5.74) is 5.15. The van der Waals surface area contributed by atoms with Crippen molar-refractivity contribution in [1.82, 2.24) is 9.55 Å². The van der Waals surface area contributed by atoms with Gasteiger partial charge in [-0.1, -0.05) is 20.3 Å². The van der Waals surface area contributed by atoms with Gasteiger partial charge in [-0.05, 0) is 25.0 Å². The molecule has 0 aliphatic heterocycles. The number of unbranched alkanes of at least 4 members (excludes halogenated alkanes) is 1. The van der Waals surface area contributed by atoms with Gasteiger partial charge in [0, 0.05) is 24.7 Å². The fourth-order valence-electron chi connectivity index (χ4n) is 3.00. The van der Waals surface area contributed by atoms with Gasteiger partial charge in [0.15, 0.2) is 5.69 Å². The summed E-state index contributed by atoms with van der Waals surface area (Å²) < 4.78 is 11.8. The van der Waals surface area contributed by atoms with Crippen LogP contribution in [0, 0.1) is 0 Å². The highest BCUT2D eigenvalue weighted by molar-refractivity contribution is 6.07. The van der Waals surface area contributed by atoms with Gasteiger partial charge in [0.2, 0.25) is 0 Å². The molecule has 0 fully saturated rings. The van der Waals surface area contributed by atoms with E-state index in [1.165, 1.54) is 23.7 Å². The number of carbonyl (C=O) groups excluding carboxylic acids is 1. The lowest BCUT2D eigenvalue weighted by atomic mass is 10.1. The summed E-state index contributed by atoms with van der Waals surface area (Å²) in [5, 5.41) is 0. The minimum atomic E-state index is -0.697. The van der Waals surface area contributed by atoms with E-state index < -0.39 is 17.2 Å². The largest absolute Gasteiger partial charge is 0.497 e. The van der Waals surface area contributed by atoms with E-state index in [-0.39, 0.29) is 23.6 Å². The number of amides is 1. The van der Waals surface area contributed by atoms with Crippen LogP contribution in [-0.2, 0) is 6.54 Å². The van der Waals surface area contributed by atoms with Gasteiger partial charge in [-0.2, -0.15) is 0 Å². The van der Waals surface area contributed by atoms with E-state index in [9.17, 15) is 14.4 Å². The molecule has 1 amide bonds. The predicted octanol–water partition coefficient (Wildman–Crippen LogP) is 1.99. The summed E-state index contributed by atoms with van der Waals surface area (Å²) in [4.78, 5) is 41.7. The number of hydrogen-bond donors (Lipinski definition) is 2. The van der Waals surface area contributed by atoms with Gasteiger partial charge < -0.3 is 20.1 Å². The van der Waals surface area contributed by atoms with Crippen molar-refractivity contribution in [2.45, 2.75) is 39.7 Å². The molecule has 0 aliphatic rings. The van der Waals surface area contributed by atoms with Crippen LogP contribution in [0.4, 0.5) is 11.5 Å². The number of H-pyrrole nitrogens is 1. The zero-order chi connectivity index (χ0) is 21.6. The monoisotopic (exact) mass is 404 g/mol. The van der Waals surface area contributed by atoms with E-state index in [0.717, 1.165) is 6.42 Å². The number of nitrogen functional groups attached to an aromatic ring is 1. The fraction of sp³-hybridized carbons (Fsp3) is 0.450. The Hall–Kier alpha value is -3.23. The molecule has 0 unspecified atom stereocenters. The number of nitrogens with two attached hydrogens (primary N) is 1. The van der Waals surface area contributed by atoms with Crippen molar-refractivity contribution in [2.75, 3.05) is 31.4 Å². The molecule has 1 aromatic carbocycles. The second-order valence-corrected chi connectivity index (χ2v) is 6.56. The van der Waals surface area contributed by atoms with Gasteiger partial charge in [0.1, 0.15) is 17.3 Å². The van der Waals surface area contributed by atoms with Crippen LogP contribution in [0.5, 0.6) is 11.5 Å². The first-order valence-electron chi connectivity index (χ1n) is 9.55.